The molecule has 0 radical (unpaired) electrons. The highest BCUT2D eigenvalue weighted by atomic mass is 79.9. The highest BCUT2D eigenvalue weighted by Crippen LogP contribution is 2.35. The van der Waals surface area contributed by atoms with Gasteiger partial charge in [0, 0.05) is 0 Å². The first-order chi connectivity index (χ1) is 7.19. The predicted molar refractivity (Wildman–Crippen MR) is 66.0 cm³/mol. The summed E-state index contributed by atoms with van der Waals surface area (Å²) >= 11 is 7.72. The van der Waals surface area contributed by atoms with Crippen molar-refractivity contribution in [2.24, 2.45) is 4.99 Å². The molecule has 0 saturated carbocycles. The lowest BCUT2D eigenvalue weighted by molar-refractivity contribution is 0.371. The van der Waals surface area contributed by atoms with Crippen LogP contribution in [0.2, 0.25) is 0 Å². The molecule has 15 heavy (non-hydrogen) atoms. The number of phenolic OH excluding ortho intramolecular Hbond substituents is 1. The Morgan fingerprint density at radius 3 is 2.93 bits per heavy atom. The molecule has 3 nitrogen and oxygen atoms in total. The van der Waals surface area contributed by atoms with Crippen LogP contribution in [0.15, 0.2) is 21.6 Å². The van der Waals surface area contributed by atoms with E-state index in [2.05, 4.69) is 38.3 Å². The van der Waals surface area contributed by atoms with Crippen LogP contribution in [0, 0.1) is 0 Å². The summed E-state index contributed by atoms with van der Waals surface area (Å²) in [5, 5.41) is 11.9. The lowest BCUT2D eigenvalue weighted by Crippen LogP contribution is -1.92. The molecule has 0 bridgehead atoms. The Balaban J connectivity index is 2.90. The fourth-order valence-electron chi connectivity index (χ4n) is 1.16. The number of rotatable bonds is 4. The first-order valence-corrected chi connectivity index (χ1v) is 5.48. The number of aliphatic imine (C=N–C) groups is 1. The van der Waals surface area contributed by atoms with E-state index < -0.39 is 0 Å². The fourth-order valence-corrected chi connectivity index (χ4v) is 1.74. The first-order valence-electron chi connectivity index (χ1n) is 4.28. The van der Waals surface area contributed by atoms with Gasteiger partial charge in [0.1, 0.15) is 0 Å². The van der Waals surface area contributed by atoms with E-state index in [1.807, 2.05) is 6.07 Å². The van der Waals surface area contributed by atoms with Crippen LogP contribution in [0.25, 0.3) is 0 Å². The summed E-state index contributed by atoms with van der Waals surface area (Å²) in [6.45, 7) is 0.587. The van der Waals surface area contributed by atoms with Gasteiger partial charge in [-0.1, -0.05) is 0 Å². The summed E-state index contributed by atoms with van der Waals surface area (Å²) in [4.78, 5) is 3.82. The van der Waals surface area contributed by atoms with Crippen LogP contribution in [0.5, 0.6) is 11.5 Å². The molecule has 0 aliphatic carbocycles. The summed E-state index contributed by atoms with van der Waals surface area (Å²) in [5.74, 6) is 0.560. The van der Waals surface area contributed by atoms with Crippen LogP contribution in [-0.4, -0.2) is 23.9 Å². The molecule has 1 rings (SSSR count). The van der Waals surface area contributed by atoms with Crippen molar-refractivity contribution < 1.29 is 9.84 Å². The highest BCUT2D eigenvalue weighted by Gasteiger charge is 2.07. The molecule has 5 heteroatoms. The Bertz CT molecular complexity index is 403. The summed E-state index contributed by atoms with van der Waals surface area (Å²) < 4.78 is 5.64. The van der Waals surface area contributed by atoms with Crippen molar-refractivity contribution in [2.75, 3.05) is 13.7 Å². The molecule has 0 atom stereocenters. The van der Waals surface area contributed by atoms with Gasteiger partial charge >= 0.3 is 0 Å². The monoisotopic (exact) mass is 287 g/mol. The van der Waals surface area contributed by atoms with Crippen molar-refractivity contribution in [2.45, 2.75) is 6.42 Å². The van der Waals surface area contributed by atoms with Crippen LogP contribution >= 0.6 is 28.1 Å². The number of nitrogens with zero attached hydrogens (tertiary/aromatic N) is 1. The largest absolute Gasteiger partial charge is 0.503 e. The molecular weight excluding hydrogens is 278 g/mol. The van der Waals surface area contributed by atoms with Gasteiger partial charge in [-0.25, -0.2) is 4.99 Å². The molecule has 80 valence electrons. The molecule has 1 N–H and O–H groups in total. The minimum Gasteiger partial charge on any atom is -0.503 e. The van der Waals surface area contributed by atoms with E-state index in [9.17, 15) is 5.11 Å². The summed E-state index contributed by atoms with van der Waals surface area (Å²) in [7, 11) is 1.51. The van der Waals surface area contributed by atoms with Gasteiger partial charge < -0.3 is 9.84 Å². The molecule has 0 aromatic heterocycles. The topological polar surface area (TPSA) is 41.8 Å². The first kappa shape index (κ1) is 12.2. The van der Waals surface area contributed by atoms with Crippen molar-refractivity contribution in [1.82, 2.24) is 0 Å². The number of benzene rings is 1. The summed E-state index contributed by atoms with van der Waals surface area (Å²) in [6.07, 6.45) is 0.735. The normalized spacial score (nSPS) is 9.47. The Morgan fingerprint density at radius 1 is 1.60 bits per heavy atom. The van der Waals surface area contributed by atoms with E-state index in [1.54, 1.807) is 6.07 Å². The maximum atomic E-state index is 9.57. The van der Waals surface area contributed by atoms with Crippen LogP contribution in [0.1, 0.15) is 5.56 Å². The molecule has 0 aliphatic heterocycles. The minimum atomic E-state index is 0.111. The molecule has 0 unspecified atom stereocenters. The average molecular weight is 288 g/mol. The van der Waals surface area contributed by atoms with Gasteiger partial charge in [0.2, 0.25) is 0 Å². The Labute approximate surface area is 102 Å². The van der Waals surface area contributed by atoms with E-state index in [0.717, 1.165) is 12.0 Å². The Hall–Kier alpha value is -0.900. The number of halogens is 1. The van der Waals surface area contributed by atoms with Crippen molar-refractivity contribution in [3.8, 4) is 11.5 Å². The van der Waals surface area contributed by atoms with Crippen LogP contribution in [0.4, 0.5) is 0 Å². The average Bonchev–Trinajstić information content (AvgIpc) is 2.23. The molecular formula is C10H10BrNO2S. The van der Waals surface area contributed by atoms with Gasteiger partial charge in [-0.2, -0.15) is 0 Å². The summed E-state index contributed by atoms with van der Waals surface area (Å²) in [6, 6.07) is 3.61. The zero-order chi connectivity index (χ0) is 11.3. The molecule has 0 aliphatic rings. The predicted octanol–water partition coefficient (Wildman–Crippen LogP) is 2.81. The smallest absolute Gasteiger partial charge is 0.172 e. The maximum absolute atomic E-state index is 9.57. The number of phenols is 1. The number of hydrogen-bond donors (Lipinski definition) is 1. The van der Waals surface area contributed by atoms with Crippen LogP contribution in [-0.2, 0) is 6.42 Å². The summed E-state index contributed by atoms with van der Waals surface area (Å²) in [5.41, 5.74) is 1.02. The number of methoxy groups -OCH3 is 1. The van der Waals surface area contributed by atoms with Gasteiger partial charge in [-0.3, -0.25) is 0 Å². The number of thiocarbonyl (C=S) groups is 1. The van der Waals surface area contributed by atoms with Crippen molar-refractivity contribution in [3.63, 3.8) is 0 Å². The highest BCUT2D eigenvalue weighted by molar-refractivity contribution is 9.10. The molecule has 0 amide bonds. The van der Waals surface area contributed by atoms with Gasteiger partial charge in [0.05, 0.1) is 23.3 Å². The lowest BCUT2D eigenvalue weighted by atomic mass is 10.1. The van der Waals surface area contributed by atoms with E-state index in [0.29, 0.717) is 16.8 Å². The third kappa shape index (κ3) is 3.30. The van der Waals surface area contributed by atoms with Gasteiger partial charge in [-0.05, 0) is 52.3 Å². The Kier molecular flexibility index (Phi) is 4.75. The van der Waals surface area contributed by atoms with Gasteiger partial charge in [0.25, 0.3) is 0 Å². The van der Waals surface area contributed by atoms with Crippen LogP contribution in [0.3, 0.4) is 0 Å². The van der Waals surface area contributed by atoms with E-state index in [-0.39, 0.29) is 5.75 Å². The third-order valence-electron chi connectivity index (χ3n) is 1.88. The van der Waals surface area contributed by atoms with Gasteiger partial charge in [-0.15, -0.1) is 0 Å². The molecule has 0 spiro atoms. The second-order valence-electron chi connectivity index (χ2n) is 2.85. The molecule has 0 saturated heterocycles. The molecule has 1 aromatic rings. The third-order valence-corrected chi connectivity index (χ3v) is 2.62. The molecule has 0 heterocycles. The van der Waals surface area contributed by atoms with Crippen molar-refractivity contribution in [1.29, 1.82) is 0 Å². The zero-order valence-electron chi connectivity index (χ0n) is 8.16. The zero-order valence-corrected chi connectivity index (χ0v) is 10.6. The number of isothiocyanates is 1. The quantitative estimate of drug-likeness (QED) is 0.684. The number of aromatic hydroxyl groups is 1. The van der Waals surface area contributed by atoms with E-state index in [1.165, 1.54) is 7.11 Å². The fraction of sp³-hybridized carbons (Fsp3) is 0.300. The van der Waals surface area contributed by atoms with Crippen LogP contribution < -0.4 is 4.74 Å². The van der Waals surface area contributed by atoms with E-state index in [4.69, 9.17) is 4.74 Å². The standard InChI is InChI=1S/C10H10BrNO2S/c1-14-9-5-7(2-3-12-6-15)4-8(11)10(9)13/h4-5,13H,2-3H2,1H3. The molecule has 1 aromatic carbocycles. The van der Waals surface area contributed by atoms with Gasteiger partial charge in [0.15, 0.2) is 11.5 Å². The van der Waals surface area contributed by atoms with Crippen molar-refractivity contribution in [3.05, 3.63) is 22.2 Å². The maximum Gasteiger partial charge on any atom is 0.172 e. The van der Waals surface area contributed by atoms with E-state index >= 15 is 0 Å². The number of ether oxygens (including phenoxy) is 1. The van der Waals surface area contributed by atoms with Crippen molar-refractivity contribution >= 4 is 33.3 Å². The Morgan fingerprint density at radius 2 is 2.33 bits per heavy atom. The second-order valence-corrected chi connectivity index (χ2v) is 3.89. The second kappa shape index (κ2) is 5.85. The minimum absolute atomic E-state index is 0.111. The SMILES string of the molecule is COc1cc(CCN=C=S)cc(Br)c1O. The molecule has 0 fully saturated rings. The number of hydrogen-bond acceptors (Lipinski definition) is 4. The lowest BCUT2D eigenvalue weighted by Gasteiger charge is -2.07.